The maximum Gasteiger partial charge on any atom is 0.223 e. The molecular weight excluding hydrogens is 268 g/mol. The van der Waals surface area contributed by atoms with Crippen LogP contribution in [0.5, 0.6) is 0 Å². The molecule has 1 aliphatic rings. The summed E-state index contributed by atoms with van der Waals surface area (Å²) in [4.78, 5) is 11.4. The van der Waals surface area contributed by atoms with Crippen molar-refractivity contribution in [3.63, 3.8) is 0 Å². The minimum Gasteiger partial charge on any atom is -0.367 e. The maximum atomic E-state index is 11.4. The van der Waals surface area contributed by atoms with Gasteiger partial charge in [-0.05, 0) is 38.0 Å². The first kappa shape index (κ1) is 13.5. The van der Waals surface area contributed by atoms with Gasteiger partial charge in [-0.2, -0.15) is 5.10 Å². The average Bonchev–Trinajstić information content (AvgIpc) is 3.26. The van der Waals surface area contributed by atoms with Gasteiger partial charge in [0.1, 0.15) is 5.82 Å². The Kier molecular flexibility index (Phi) is 3.81. The van der Waals surface area contributed by atoms with Crippen LogP contribution in [0.1, 0.15) is 18.5 Å². The average molecular weight is 286 g/mol. The third kappa shape index (κ3) is 3.56. The number of amides is 1. The monoisotopic (exact) mass is 286 g/mol. The number of nitrogens with one attached hydrogen (secondary N) is 2. The fourth-order valence-electron chi connectivity index (χ4n) is 1.95. The first-order valence-electron chi connectivity index (χ1n) is 7.10. The SMILES string of the molecule is Cc1ccn(-c2ccc(NCCNC(=O)C3CC3)nn2)n1. The van der Waals surface area contributed by atoms with Gasteiger partial charge in [-0.1, -0.05) is 0 Å². The number of anilines is 1. The Labute approximate surface area is 122 Å². The molecule has 110 valence electrons. The van der Waals surface area contributed by atoms with Gasteiger partial charge < -0.3 is 10.6 Å². The van der Waals surface area contributed by atoms with Crippen LogP contribution in [-0.2, 0) is 4.79 Å². The van der Waals surface area contributed by atoms with Crippen LogP contribution >= 0.6 is 0 Å². The first-order chi connectivity index (χ1) is 10.2. The second-order valence-electron chi connectivity index (χ2n) is 5.17. The van der Waals surface area contributed by atoms with Gasteiger partial charge in [0.25, 0.3) is 0 Å². The summed E-state index contributed by atoms with van der Waals surface area (Å²) in [5.41, 5.74) is 0.936. The van der Waals surface area contributed by atoms with Crippen LogP contribution in [-0.4, -0.2) is 39.0 Å². The second-order valence-corrected chi connectivity index (χ2v) is 5.17. The van der Waals surface area contributed by atoms with Gasteiger partial charge in [0.15, 0.2) is 5.82 Å². The van der Waals surface area contributed by atoms with Crippen LogP contribution in [0.3, 0.4) is 0 Å². The Hall–Kier alpha value is -2.44. The molecule has 3 rings (SSSR count). The second kappa shape index (κ2) is 5.90. The zero-order chi connectivity index (χ0) is 14.7. The van der Waals surface area contributed by atoms with Crippen LogP contribution in [0.4, 0.5) is 5.82 Å². The predicted octanol–water partition coefficient (Wildman–Crippen LogP) is 0.909. The largest absolute Gasteiger partial charge is 0.367 e. The zero-order valence-corrected chi connectivity index (χ0v) is 11.9. The highest BCUT2D eigenvalue weighted by Gasteiger charge is 2.28. The molecule has 0 atom stereocenters. The molecule has 0 radical (unpaired) electrons. The van der Waals surface area contributed by atoms with Gasteiger partial charge in [-0.25, -0.2) is 4.68 Å². The Balaban J connectivity index is 1.46. The number of aromatic nitrogens is 4. The van der Waals surface area contributed by atoms with E-state index in [2.05, 4.69) is 25.9 Å². The minimum atomic E-state index is 0.160. The summed E-state index contributed by atoms with van der Waals surface area (Å²) in [5, 5.41) is 18.5. The standard InChI is InChI=1S/C14H18N6O/c1-10-6-9-20(19-10)13-5-4-12(17-18-13)15-7-8-16-14(21)11-2-3-11/h4-6,9,11H,2-3,7-8H2,1H3,(H,15,17)(H,16,21). The summed E-state index contributed by atoms with van der Waals surface area (Å²) < 4.78 is 1.68. The minimum absolute atomic E-state index is 0.160. The normalized spacial score (nSPS) is 14.0. The third-order valence-electron chi connectivity index (χ3n) is 3.29. The lowest BCUT2D eigenvalue weighted by atomic mass is 10.4. The molecule has 0 bridgehead atoms. The third-order valence-corrected chi connectivity index (χ3v) is 3.29. The van der Waals surface area contributed by atoms with Crippen LogP contribution in [0.2, 0.25) is 0 Å². The van der Waals surface area contributed by atoms with E-state index in [1.807, 2.05) is 31.3 Å². The molecule has 7 heteroatoms. The number of rotatable bonds is 6. The van der Waals surface area contributed by atoms with Crippen LogP contribution < -0.4 is 10.6 Å². The zero-order valence-electron chi connectivity index (χ0n) is 11.9. The van der Waals surface area contributed by atoms with E-state index in [0.29, 0.717) is 24.7 Å². The summed E-state index contributed by atoms with van der Waals surface area (Å²) in [6.07, 6.45) is 3.90. The van der Waals surface area contributed by atoms with Crippen molar-refractivity contribution in [2.24, 2.45) is 5.92 Å². The lowest BCUT2D eigenvalue weighted by molar-refractivity contribution is -0.122. The molecule has 0 saturated heterocycles. The van der Waals surface area contributed by atoms with Gasteiger partial charge >= 0.3 is 0 Å². The van der Waals surface area contributed by atoms with Crippen molar-refractivity contribution in [1.82, 2.24) is 25.3 Å². The highest BCUT2D eigenvalue weighted by Crippen LogP contribution is 2.28. The quantitative estimate of drug-likeness (QED) is 0.771. The fraction of sp³-hybridized carbons (Fsp3) is 0.429. The summed E-state index contributed by atoms with van der Waals surface area (Å²) >= 11 is 0. The van der Waals surface area contributed by atoms with Gasteiger partial charge in [0, 0.05) is 25.2 Å². The lowest BCUT2D eigenvalue weighted by Crippen LogP contribution is -2.29. The topological polar surface area (TPSA) is 84.7 Å². The summed E-state index contributed by atoms with van der Waals surface area (Å²) in [6, 6.07) is 5.61. The molecule has 2 N–H and O–H groups in total. The van der Waals surface area contributed by atoms with Crippen LogP contribution in [0, 0.1) is 12.8 Å². The summed E-state index contributed by atoms with van der Waals surface area (Å²) in [5.74, 6) is 1.77. The summed E-state index contributed by atoms with van der Waals surface area (Å²) in [6.45, 7) is 3.15. The van der Waals surface area contributed by atoms with Crippen LogP contribution in [0.25, 0.3) is 5.82 Å². The van der Waals surface area contributed by atoms with Gasteiger partial charge in [-0.3, -0.25) is 4.79 Å². The van der Waals surface area contributed by atoms with Crippen LogP contribution in [0.15, 0.2) is 24.4 Å². The van der Waals surface area contributed by atoms with E-state index in [4.69, 9.17) is 0 Å². The molecule has 2 aromatic rings. The van der Waals surface area contributed by atoms with Crippen molar-refractivity contribution >= 4 is 11.7 Å². The number of nitrogens with zero attached hydrogens (tertiary/aromatic N) is 4. The Bertz CT molecular complexity index is 617. The van der Waals surface area contributed by atoms with E-state index >= 15 is 0 Å². The molecule has 1 fully saturated rings. The molecule has 1 saturated carbocycles. The number of hydrogen-bond acceptors (Lipinski definition) is 5. The highest BCUT2D eigenvalue weighted by molar-refractivity contribution is 5.80. The van der Waals surface area contributed by atoms with Crippen molar-refractivity contribution in [2.45, 2.75) is 19.8 Å². The van der Waals surface area contributed by atoms with E-state index < -0.39 is 0 Å². The Morgan fingerprint density at radius 1 is 1.29 bits per heavy atom. The molecule has 21 heavy (non-hydrogen) atoms. The Morgan fingerprint density at radius 3 is 2.76 bits per heavy atom. The van der Waals surface area contributed by atoms with Gasteiger partial charge in [0.2, 0.25) is 5.91 Å². The van der Waals surface area contributed by atoms with E-state index in [1.54, 1.807) is 4.68 Å². The Morgan fingerprint density at radius 2 is 2.14 bits per heavy atom. The fourth-order valence-corrected chi connectivity index (χ4v) is 1.95. The van der Waals surface area contributed by atoms with Gasteiger partial charge in [0.05, 0.1) is 5.69 Å². The number of hydrogen-bond donors (Lipinski definition) is 2. The van der Waals surface area contributed by atoms with Crippen molar-refractivity contribution < 1.29 is 4.79 Å². The number of carbonyl (C=O) groups excluding carboxylic acids is 1. The van der Waals surface area contributed by atoms with E-state index in [0.717, 1.165) is 18.5 Å². The summed E-state index contributed by atoms with van der Waals surface area (Å²) in [7, 11) is 0. The lowest BCUT2D eigenvalue weighted by Gasteiger charge is -2.07. The van der Waals surface area contributed by atoms with E-state index in [1.165, 1.54) is 0 Å². The van der Waals surface area contributed by atoms with Crippen molar-refractivity contribution in [3.8, 4) is 5.82 Å². The molecule has 1 aliphatic carbocycles. The van der Waals surface area contributed by atoms with E-state index in [9.17, 15) is 4.79 Å². The van der Waals surface area contributed by atoms with Gasteiger partial charge in [-0.15, -0.1) is 10.2 Å². The molecule has 7 nitrogen and oxygen atoms in total. The van der Waals surface area contributed by atoms with Crippen molar-refractivity contribution in [1.29, 1.82) is 0 Å². The molecule has 2 heterocycles. The first-order valence-corrected chi connectivity index (χ1v) is 7.10. The predicted molar refractivity (Wildman–Crippen MR) is 78.1 cm³/mol. The molecule has 1 amide bonds. The molecule has 2 aromatic heterocycles. The molecule has 0 aliphatic heterocycles. The molecule has 0 spiro atoms. The smallest absolute Gasteiger partial charge is 0.223 e. The van der Waals surface area contributed by atoms with E-state index in [-0.39, 0.29) is 11.8 Å². The number of carbonyl (C=O) groups is 1. The van der Waals surface area contributed by atoms with Crippen molar-refractivity contribution in [2.75, 3.05) is 18.4 Å². The van der Waals surface area contributed by atoms with Crippen molar-refractivity contribution in [3.05, 3.63) is 30.1 Å². The molecule has 0 aromatic carbocycles. The maximum absolute atomic E-state index is 11.4. The molecular formula is C14H18N6O. The number of aryl methyl sites for hydroxylation is 1. The highest BCUT2D eigenvalue weighted by atomic mass is 16.2. The molecule has 0 unspecified atom stereocenters.